The first-order valence-electron chi connectivity index (χ1n) is 10.6. The number of thiophene rings is 1. The van der Waals surface area contributed by atoms with Gasteiger partial charge in [-0.15, -0.1) is 11.3 Å². The van der Waals surface area contributed by atoms with Gasteiger partial charge in [-0.25, -0.2) is 14.8 Å². The van der Waals surface area contributed by atoms with Crippen LogP contribution in [0.4, 0.5) is 5.13 Å². The van der Waals surface area contributed by atoms with Gasteiger partial charge in [0.05, 0.1) is 31.6 Å². The number of nitrogens with zero attached hydrogens (tertiary/aromatic N) is 3. The fraction of sp³-hybridized carbons (Fsp3) is 0.208. The van der Waals surface area contributed by atoms with E-state index >= 15 is 0 Å². The van der Waals surface area contributed by atoms with Crippen molar-refractivity contribution < 1.29 is 23.8 Å². The number of benzene rings is 1. The quantitative estimate of drug-likeness (QED) is 0.258. The van der Waals surface area contributed by atoms with E-state index in [9.17, 15) is 14.4 Å². The lowest BCUT2D eigenvalue weighted by Crippen LogP contribution is -2.27. The van der Waals surface area contributed by atoms with E-state index in [1.54, 1.807) is 26.2 Å². The van der Waals surface area contributed by atoms with Crippen LogP contribution in [0.25, 0.3) is 21.3 Å². The van der Waals surface area contributed by atoms with Gasteiger partial charge in [-0.2, -0.15) is 0 Å². The third-order valence-electron chi connectivity index (χ3n) is 5.13. The number of anilines is 1. The van der Waals surface area contributed by atoms with Crippen molar-refractivity contribution in [2.45, 2.75) is 13.5 Å². The van der Waals surface area contributed by atoms with E-state index in [0.717, 1.165) is 16.9 Å². The van der Waals surface area contributed by atoms with E-state index in [0.29, 0.717) is 33.0 Å². The monoisotopic (exact) mass is 526 g/mol. The molecule has 3 heterocycles. The molecule has 0 aliphatic rings. The zero-order chi connectivity index (χ0) is 25.8. The van der Waals surface area contributed by atoms with Crippen LogP contribution in [0.3, 0.4) is 0 Å². The molecule has 0 fully saturated rings. The van der Waals surface area contributed by atoms with Crippen molar-refractivity contribution in [3.05, 3.63) is 63.5 Å². The number of nitrogens with one attached hydrogen (secondary N) is 1. The number of amides is 1. The maximum Gasteiger partial charge on any atom is 0.350 e. The number of aryl methyl sites for hydroxylation is 1. The Bertz CT molecular complexity index is 1520. The van der Waals surface area contributed by atoms with Gasteiger partial charge in [0.25, 0.3) is 5.56 Å². The molecule has 186 valence electrons. The van der Waals surface area contributed by atoms with Crippen molar-refractivity contribution in [1.82, 2.24) is 14.5 Å². The third kappa shape index (κ3) is 4.99. The number of hydrogen-bond donors (Lipinski definition) is 1. The molecule has 0 saturated carbocycles. The molecule has 1 amide bonds. The molecule has 1 N–H and O–H groups in total. The summed E-state index contributed by atoms with van der Waals surface area (Å²) in [4.78, 5) is 47.5. The summed E-state index contributed by atoms with van der Waals surface area (Å²) in [6, 6.07) is 5.37. The number of carbonyl (C=O) groups is 2. The summed E-state index contributed by atoms with van der Waals surface area (Å²) in [5.41, 5.74) is 1.52. The van der Waals surface area contributed by atoms with Gasteiger partial charge in [0.1, 0.15) is 22.9 Å². The molecule has 0 atom stereocenters. The van der Waals surface area contributed by atoms with Crippen molar-refractivity contribution in [1.29, 1.82) is 0 Å². The minimum Gasteiger partial charge on any atom is -0.493 e. The van der Waals surface area contributed by atoms with Crippen LogP contribution in [-0.4, -0.2) is 47.2 Å². The first-order valence-corrected chi connectivity index (χ1v) is 12.3. The van der Waals surface area contributed by atoms with E-state index < -0.39 is 11.9 Å². The maximum absolute atomic E-state index is 13.3. The lowest BCUT2D eigenvalue weighted by Gasteiger charge is -2.09. The van der Waals surface area contributed by atoms with E-state index in [1.165, 1.54) is 35.4 Å². The average Bonchev–Trinajstić information content (AvgIpc) is 3.47. The van der Waals surface area contributed by atoms with E-state index in [4.69, 9.17) is 14.2 Å². The SMILES string of the molecule is C=CCOC(=O)c1sc(NC(=O)Cn2cnc3scc(-c4ccc(OC)c(OC)c4)c3c2=O)nc1C. The van der Waals surface area contributed by atoms with Crippen molar-refractivity contribution in [3.8, 4) is 22.6 Å². The molecular weight excluding hydrogens is 504 g/mol. The highest BCUT2D eigenvalue weighted by atomic mass is 32.1. The lowest BCUT2D eigenvalue weighted by molar-refractivity contribution is -0.116. The molecule has 36 heavy (non-hydrogen) atoms. The van der Waals surface area contributed by atoms with Crippen molar-refractivity contribution >= 4 is 49.9 Å². The summed E-state index contributed by atoms with van der Waals surface area (Å²) in [5, 5.41) is 5.11. The van der Waals surface area contributed by atoms with Gasteiger partial charge in [0.2, 0.25) is 5.91 Å². The highest BCUT2D eigenvalue weighted by Gasteiger charge is 2.19. The second-order valence-corrected chi connectivity index (χ2v) is 9.30. The first kappa shape index (κ1) is 25.1. The number of ether oxygens (including phenoxy) is 3. The number of methoxy groups -OCH3 is 2. The van der Waals surface area contributed by atoms with Crippen LogP contribution in [-0.2, 0) is 16.1 Å². The number of fused-ring (bicyclic) bond motifs is 1. The largest absolute Gasteiger partial charge is 0.493 e. The van der Waals surface area contributed by atoms with E-state index in [1.807, 2.05) is 11.4 Å². The predicted molar refractivity (Wildman–Crippen MR) is 138 cm³/mol. The zero-order valence-corrected chi connectivity index (χ0v) is 21.3. The van der Waals surface area contributed by atoms with Crippen LogP contribution in [0.5, 0.6) is 11.5 Å². The van der Waals surface area contributed by atoms with Crippen LogP contribution >= 0.6 is 22.7 Å². The summed E-state index contributed by atoms with van der Waals surface area (Å²) in [6.45, 7) is 4.94. The molecule has 0 bridgehead atoms. The highest BCUT2D eigenvalue weighted by Crippen LogP contribution is 2.36. The van der Waals surface area contributed by atoms with E-state index in [2.05, 4.69) is 21.9 Å². The molecule has 0 radical (unpaired) electrons. The number of esters is 1. The van der Waals surface area contributed by atoms with Crippen molar-refractivity contribution in [3.63, 3.8) is 0 Å². The second-order valence-electron chi connectivity index (χ2n) is 7.45. The Morgan fingerprint density at radius 1 is 1.22 bits per heavy atom. The average molecular weight is 527 g/mol. The molecule has 1 aromatic carbocycles. The Morgan fingerprint density at radius 2 is 2.00 bits per heavy atom. The molecule has 0 spiro atoms. The highest BCUT2D eigenvalue weighted by molar-refractivity contribution is 7.17. The standard InChI is InChI=1S/C24H22N4O6S2/c1-5-8-34-23(31)20-13(2)26-24(36-20)27-18(29)10-28-12-25-21-19(22(28)30)15(11-35-21)14-6-7-16(32-3)17(9-14)33-4/h5-7,9,11-12H,1,8,10H2,2-4H3,(H,26,27,29). The van der Waals surface area contributed by atoms with Gasteiger partial charge in [-0.1, -0.05) is 30.1 Å². The van der Waals surface area contributed by atoms with Gasteiger partial charge in [0.15, 0.2) is 16.6 Å². The fourth-order valence-corrected chi connectivity index (χ4v) is 5.23. The van der Waals surface area contributed by atoms with Gasteiger partial charge in [0, 0.05) is 10.9 Å². The number of carbonyl (C=O) groups excluding carboxylic acids is 2. The lowest BCUT2D eigenvalue weighted by atomic mass is 10.1. The van der Waals surface area contributed by atoms with Crippen LogP contribution in [0.1, 0.15) is 15.4 Å². The van der Waals surface area contributed by atoms with Gasteiger partial charge >= 0.3 is 5.97 Å². The molecule has 4 rings (SSSR count). The van der Waals surface area contributed by atoms with Crippen molar-refractivity contribution in [2.75, 3.05) is 26.1 Å². The minimum atomic E-state index is -0.545. The molecule has 4 aromatic rings. The van der Waals surface area contributed by atoms with Crippen LogP contribution in [0.15, 0.2) is 47.4 Å². The fourth-order valence-electron chi connectivity index (χ4n) is 3.45. The van der Waals surface area contributed by atoms with Crippen LogP contribution in [0.2, 0.25) is 0 Å². The number of aromatic nitrogens is 3. The van der Waals surface area contributed by atoms with Gasteiger partial charge < -0.3 is 19.5 Å². The number of rotatable bonds is 9. The van der Waals surface area contributed by atoms with E-state index in [-0.39, 0.29) is 28.7 Å². The number of hydrogen-bond acceptors (Lipinski definition) is 10. The summed E-state index contributed by atoms with van der Waals surface area (Å²) >= 11 is 2.33. The Labute approximate surface area is 213 Å². The van der Waals surface area contributed by atoms with Gasteiger partial charge in [-0.3, -0.25) is 14.2 Å². The smallest absolute Gasteiger partial charge is 0.350 e. The van der Waals surface area contributed by atoms with Gasteiger partial charge in [-0.05, 0) is 24.6 Å². The predicted octanol–water partition coefficient (Wildman–Crippen LogP) is 3.89. The molecule has 3 aromatic heterocycles. The van der Waals surface area contributed by atoms with Crippen LogP contribution in [0, 0.1) is 6.92 Å². The zero-order valence-electron chi connectivity index (χ0n) is 19.7. The third-order valence-corrected chi connectivity index (χ3v) is 7.07. The summed E-state index contributed by atoms with van der Waals surface area (Å²) < 4.78 is 16.9. The molecule has 0 aliphatic carbocycles. The maximum atomic E-state index is 13.3. The molecule has 12 heteroatoms. The second kappa shape index (κ2) is 10.7. The number of thiazole rings is 1. The van der Waals surface area contributed by atoms with Crippen molar-refractivity contribution in [2.24, 2.45) is 0 Å². The minimum absolute atomic E-state index is 0.0735. The summed E-state index contributed by atoms with van der Waals surface area (Å²) in [5.74, 6) is 0.0734. The molecule has 0 saturated heterocycles. The summed E-state index contributed by atoms with van der Waals surface area (Å²) in [7, 11) is 3.09. The summed E-state index contributed by atoms with van der Waals surface area (Å²) in [6.07, 6.45) is 2.80. The Morgan fingerprint density at radius 3 is 2.72 bits per heavy atom. The molecule has 0 unspecified atom stereocenters. The molecule has 0 aliphatic heterocycles. The first-order chi connectivity index (χ1) is 17.4. The normalized spacial score (nSPS) is 10.8. The topological polar surface area (TPSA) is 122 Å². The molecular formula is C24H22N4O6S2. The Hall–Kier alpha value is -4.03. The Kier molecular flexibility index (Phi) is 7.46. The Balaban J connectivity index is 1.58. The van der Waals surface area contributed by atoms with Crippen LogP contribution < -0.4 is 20.3 Å². The molecule has 10 nitrogen and oxygen atoms in total.